The number of carbonyl (C=O) groups excluding carboxylic acids is 1. The van der Waals surface area contributed by atoms with E-state index in [4.69, 9.17) is 9.47 Å². The van der Waals surface area contributed by atoms with Crippen molar-refractivity contribution >= 4 is 11.9 Å². The van der Waals surface area contributed by atoms with Gasteiger partial charge < -0.3 is 9.47 Å². The molecule has 0 saturated carbocycles. The molecule has 3 heteroatoms. The molecule has 4 rings (SSSR count). The van der Waals surface area contributed by atoms with Gasteiger partial charge in [0, 0.05) is 24.0 Å². The minimum absolute atomic E-state index is 0.101. The maximum Gasteiger partial charge on any atom is 0.199 e. The van der Waals surface area contributed by atoms with Crippen molar-refractivity contribution in [3.63, 3.8) is 0 Å². The Bertz CT molecular complexity index is 771. The first-order valence-electron chi connectivity index (χ1n) is 8.51. The Kier molecular flexibility index (Phi) is 4.18. The molecule has 2 aromatic rings. The molecule has 0 amide bonds. The zero-order valence-electron chi connectivity index (χ0n) is 13.5. The quantitative estimate of drug-likeness (QED) is 0.786. The second-order valence-electron chi connectivity index (χ2n) is 6.32. The fourth-order valence-corrected chi connectivity index (χ4v) is 3.28. The summed E-state index contributed by atoms with van der Waals surface area (Å²) < 4.78 is 11.5. The van der Waals surface area contributed by atoms with Crippen molar-refractivity contribution in [2.75, 3.05) is 6.61 Å². The molecule has 122 valence electrons. The highest BCUT2D eigenvalue weighted by Gasteiger charge is 2.26. The summed E-state index contributed by atoms with van der Waals surface area (Å²) in [5, 5.41) is 0. The zero-order chi connectivity index (χ0) is 16.4. The Hall–Kier alpha value is -2.39. The Labute approximate surface area is 141 Å². The summed E-state index contributed by atoms with van der Waals surface area (Å²) >= 11 is 0. The van der Waals surface area contributed by atoms with Crippen LogP contribution in [-0.2, 0) is 11.2 Å². The predicted molar refractivity (Wildman–Crippen MR) is 93.1 cm³/mol. The second-order valence-corrected chi connectivity index (χ2v) is 6.32. The van der Waals surface area contributed by atoms with E-state index in [0.717, 1.165) is 53.9 Å². The first-order valence-corrected chi connectivity index (χ1v) is 8.51. The van der Waals surface area contributed by atoms with E-state index in [2.05, 4.69) is 0 Å². The van der Waals surface area contributed by atoms with Gasteiger partial charge >= 0.3 is 0 Å². The smallest absolute Gasteiger partial charge is 0.199 e. The maximum atomic E-state index is 12.7. The molecule has 0 N–H and O–H groups in total. The summed E-state index contributed by atoms with van der Waals surface area (Å²) in [4.78, 5) is 12.7. The van der Waals surface area contributed by atoms with E-state index in [1.54, 1.807) is 0 Å². The lowest BCUT2D eigenvalue weighted by atomic mass is 10.1. The molecule has 1 saturated heterocycles. The number of ketones is 1. The minimum atomic E-state index is -0.187. The molecule has 2 aliphatic rings. The molecule has 1 aliphatic carbocycles. The lowest BCUT2D eigenvalue weighted by Crippen LogP contribution is -2.25. The summed E-state index contributed by atoms with van der Waals surface area (Å²) in [7, 11) is 0. The van der Waals surface area contributed by atoms with Crippen LogP contribution in [0.5, 0.6) is 5.75 Å². The van der Waals surface area contributed by atoms with Gasteiger partial charge in [-0.15, -0.1) is 0 Å². The molecule has 1 atom stereocenters. The average Bonchev–Trinajstić information content (AvgIpc) is 2.93. The van der Waals surface area contributed by atoms with Crippen LogP contribution in [0.2, 0.25) is 0 Å². The van der Waals surface area contributed by atoms with Gasteiger partial charge in [0.25, 0.3) is 0 Å². The highest BCUT2D eigenvalue weighted by atomic mass is 16.7. The van der Waals surface area contributed by atoms with Crippen LogP contribution in [0.1, 0.15) is 40.7 Å². The molecule has 0 spiro atoms. The van der Waals surface area contributed by atoms with Gasteiger partial charge in [0.05, 0.1) is 6.61 Å². The first kappa shape index (κ1) is 15.2. The average molecular weight is 320 g/mol. The van der Waals surface area contributed by atoms with E-state index in [9.17, 15) is 4.79 Å². The first-order chi connectivity index (χ1) is 11.8. The summed E-state index contributed by atoms with van der Waals surface area (Å²) in [6.45, 7) is 0.749. The van der Waals surface area contributed by atoms with Gasteiger partial charge in [0.1, 0.15) is 5.75 Å². The van der Waals surface area contributed by atoms with E-state index in [1.807, 2.05) is 54.6 Å². The van der Waals surface area contributed by atoms with Crippen LogP contribution in [0.3, 0.4) is 0 Å². The minimum Gasteiger partial charge on any atom is -0.465 e. The molecular weight excluding hydrogens is 300 g/mol. The third-order valence-electron chi connectivity index (χ3n) is 4.54. The molecular formula is C21H20O3. The highest BCUT2D eigenvalue weighted by molar-refractivity contribution is 6.15. The van der Waals surface area contributed by atoms with Gasteiger partial charge in [0.2, 0.25) is 0 Å². The highest BCUT2D eigenvalue weighted by Crippen LogP contribution is 2.31. The fourth-order valence-electron chi connectivity index (χ4n) is 3.28. The van der Waals surface area contributed by atoms with Crippen LogP contribution < -0.4 is 4.74 Å². The van der Waals surface area contributed by atoms with Crippen molar-refractivity contribution in [2.24, 2.45) is 0 Å². The molecule has 1 unspecified atom stereocenters. The number of carbonyl (C=O) groups is 1. The zero-order valence-corrected chi connectivity index (χ0v) is 13.5. The van der Waals surface area contributed by atoms with E-state index in [0.29, 0.717) is 6.42 Å². The Morgan fingerprint density at radius 1 is 1.08 bits per heavy atom. The van der Waals surface area contributed by atoms with Crippen LogP contribution in [0.4, 0.5) is 0 Å². The molecule has 2 aromatic carbocycles. The van der Waals surface area contributed by atoms with Gasteiger partial charge in [-0.25, -0.2) is 0 Å². The SMILES string of the molecule is O=C1C(=Cc2ccccc2)Cc2ccc(OC3CCCCO3)cc21. The molecule has 0 radical (unpaired) electrons. The number of Topliss-reactive ketones (excluding diaryl/α,β-unsaturated/α-hetero) is 1. The third kappa shape index (κ3) is 3.13. The molecule has 3 nitrogen and oxygen atoms in total. The number of ether oxygens (including phenoxy) is 2. The van der Waals surface area contributed by atoms with Crippen molar-refractivity contribution in [3.8, 4) is 5.75 Å². The number of fused-ring (bicyclic) bond motifs is 1. The van der Waals surface area contributed by atoms with E-state index >= 15 is 0 Å². The largest absolute Gasteiger partial charge is 0.465 e. The Morgan fingerprint density at radius 3 is 2.75 bits per heavy atom. The van der Waals surface area contributed by atoms with Gasteiger partial charge in [0.15, 0.2) is 12.1 Å². The molecule has 0 aromatic heterocycles. The standard InChI is InChI=1S/C21H20O3/c22-21-17(12-15-6-2-1-3-7-15)13-16-9-10-18(14-19(16)21)24-20-8-4-5-11-23-20/h1-3,6-7,9-10,12,14,20H,4-5,8,11,13H2. The summed E-state index contributed by atoms with van der Waals surface area (Å²) in [5.41, 5.74) is 3.72. The molecule has 0 bridgehead atoms. The number of benzene rings is 2. The van der Waals surface area contributed by atoms with Crippen molar-refractivity contribution < 1.29 is 14.3 Å². The van der Waals surface area contributed by atoms with Gasteiger partial charge in [-0.1, -0.05) is 36.4 Å². The topological polar surface area (TPSA) is 35.5 Å². The summed E-state index contributed by atoms with van der Waals surface area (Å²) in [5.74, 6) is 0.818. The third-order valence-corrected chi connectivity index (χ3v) is 4.54. The lowest BCUT2D eigenvalue weighted by molar-refractivity contribution is -0.105. The molecule has 1 heterocycles. The Morgan fingerprint density at radius 2 is 1.96 bits per heavy atom. The normalized spacial score (nSPS) is 21.8. The van der Waals surface area contributed by atoms with Crippen molar-refractivity contribution in [1.29, 1.82) is 0 Å². The van der Waals surface area contributed by atoms with Gasteiger partial charge in [-0.2, -0.15) is 0 Å². The summed E-state index contributed by atoms with van der Waals surface area (Å²) in [6.07, 6.45) is 5.60. The number of rotatable bonds is 3. The van der Waals surface area contributed by atoms with E-state index < -0.39 is 0 Å². The molecule has 1 fully saturated rings. The summed E-state index contributed by atoms with van der Waals surface area (Å²) in [6, 6.07) is 15.8. The van der Waals surface area contributed by atoms with Crippen LogP contribution >= 0.6 is 0 Å². The van der Waals surface area contributed by atoms with Gasteiger partial charge in [-0.05, 0) is 42.2 Å². The second kappa shape index (κ2) is 6.62. The van der Waals surface area contributed by atoms with Crippen molar-refractivity contribution in [3.05, 3.63) is 70.8 Å². The van der Waals surface area contributed by atoms with Crippen LogP contribution in [0, 0.1) is 0 Å². The van der Waals surface area contributed by atoms with Crippen LogP contribution in [-0.4, -0.2) is 18.7 Å². The molecule has 1 aliphatic heterocycles. The van der Waals surface area contributed by atoms with Crippen LogP contribution in [0.15, 0.2) is 54.1 Å². The Balaban J connectivity index is 1.54. The maximum absolute atomic E-state index is 12.7. The van der Waals surface area contributed by atoms with Crippen molar-refractivity contribution in [2.45, 2.75) is 32.0 Å². The van der Waals surface area contributed by atoms with Crippen molar-refractivity contribution in [1.82, 2.24) is 0 Å². The lowest BCUT2D eigenvalue weighted by Gasteiger charge is -2.23. The number of allylic oxidation sites excluding steroid dienone is 1. The van der Waals surface area contributed by atoms with Crippen LogP contribution in [0.25, 0.3) is 6.08 Å². The molecule has 24 heavy (non-hydrogen) atoms. The van der Waals surface area contributed by atoms with Gasteiger partial charge in [-0.3, -0.25) is 4.79 Å². The van der Waals surface area contributed by atoms with E-state index in [-0.39, 0.29) is 12.1 Å². The predicted octanol–water partition coefficient (Wildman–Crippen LogP) is 4.41. The monoisotopic (exact) mass is 320 g/mol. The number of hydrogen-bond donors (Lipinski definition) is 0. The number of hydrogen-bond acceptors (Lipinski definition) is 3. The van der Waals surface area contributed by atoms with E-state index in [1.165, 1.54) is 0 Å². The fraction of sp³-hybridized carbons (Fsp3) is 0.286.